The Bertz CT molecular complexity index is 832. The molecule has 1 saturated carbocycles. The number of hydrogen-bond acceptors (Lipinski definition) is 5. The van der Waals surface area contributed by atoms with Crippen LogP contribution in [0.25, 0.3) is 0 Å². The molecule has 0 bridgehead atoms. The first kappa shape index (κ1) is 18.1. The minimum Gasteiger partial charge on any atom is -0.322 e. The summed E-state index contributed by atoms with van der Waals surface area (Å²) in [5, 5.41) is 0.649. The van der Waals surface area contributed by atoms with Gasteiger partial charge in [-0.1, -0.05) is 30.2 Å². The zero-order chi connectivity index (χ0) is 18.8. The van der Waals surface area contributed by atoms with Crippen molar-refractivity contribution in [3.63, 3.8) is 0 Å². The minimum absolute atomic E-state index is 0.0266. The number of rotatable bonds is 8. The third kappa shape index (κ3) is 4.18. The summed E-state index contributed by atoms with van der Waals surface area (Å²) in [5.74, 6) is 0.898. The molecule has 2 aromatic heterocycles. The Kier molecular flexibility index (Phi) is 5.20. The Morgan fingerprint density at radius 3 is 2.93 bits per heavy atom. The van der Waals surface area contributed by atoms with Crippen molar-refractivity contribution in [3.8, 4) is 0 Å². The zero-order valence-electron chi connectivity index (χ0n) is 15.6. The zero-order valence-corrected chi connectivity index (χ0v) is 16.4. The van der Waals surface area contributed by atoms with Gasteiger partial charge in [0.2, 0.25) is 0 Å². The lowest BCUT2D eigenvalue weighted by molar-refractivity contribution is 0.0986. The highest BCUT2D eigenvalue weighted by Gasteiger charge is 2.33. The summed E-state index contributed by atoms with van der Waals surface area (Å²) in [6, 6.07) is 3.88. The van der Waals surface area contributed by atoms with Crippen LogP contribution in [0.5, 0.6) is 0 Å². The first-order chi connectivity index (χ1) is 13.1. The van der Waals surface area contributed by atoms with Crippen LogP contribution in [0.1, 0.15) is 46.6 Å². The Morgan fingerprint density at radius 1 is 1.33 bits per heavy atom. The number of aromatic nitrogens is 2. The summed E-state index contributed by atoms with van der Waals surface area (Å²) in [5.41, 5.74) is 1.77. The lowest BCUT2D eigenvalue weighted by Crippen LogP contribution is -2.32. The predicted octanol–water partition coefficient (Wildman–Crippen LogP) is 3.70. The van der Waals surface area contributed by atoms with E-state index in [9.17, 15) is 9.59 Å². The molecular weight excluding hydrogens is 360 g/mol. The van der Waals surface area contributed by atoms with Gasteiger partial charge in [0.15, 0.2) is 10.9 Å². The average Bonchev–Trinajstić information content (AvgIpc) is 3.33. The van der Waals surface area contributed by atoms with E-state index in [1.54, 1.807) is 17.3 Å². The Balaban J connectivity index is 1.38. The van der Waals surface area contributed by atoms with Crippen molar-refractivity contribution >= 4 is 28.3 Å². The molecule has 2 aromatic rings. The average molecular weight is 385 g/mol. The van der Waals surface area contributed by atoms with Crippen LogP contribution in [-0.4, -0.2) is 46.3 Å². The quantitative estimate of drug-likeness (QED) is 0.651. The number of ketones is 1. The van der Waals surface area contributed by atoms with E-state index >= 15 is 0 Å². The molecule has 1 saturated heterocycles. The first-order valence-corrected chi connectivity index (χ1v) is 10.4. The van der Waals surface area contributed by atoms with Crippen LogP contribution >= 0.6 is 11.3 Å². The molecule has 27 heavy (non-hydrogen) atoms. The molecule has 0 radical (unpaired) electrons. The normalized spacial score (nSPS) is 17.0. The van der Waals surface area contributed by atoms with Crippen LogP contribution in [0.15, 0.2) is 24.5 Å². The summed E-state index contributed by atoms with van der Waals surface area (Å²) in [6.45, 7) is 4.08. The Labute approximate surface area is 163 Å². The summed E-state index contributed by atoms with van der Waals surface area (Å²) in [7, 11) is 0. The summed E-state index contributed by atoms with van der Waals surface area (Å²) in [4.78, 5) is 38.2. The number of anilines is 1. The third-order valence-corrected chi connectivity index (χ3v) is 6.45. The fourth-order valence-electron chi connectivity index (χ4n) is 3.39. The molecule has 0 unspecified atom stereocenters. The fourth-order valence-corrected chi connectivity index (χ4v) is 4.44. The predicted molar refractivity (Wildman–Crippen MR) is 105 cm³/mol. The molecule has 7 heteroatoms. The molecule has 1 aliphatic carbocycles. The van der Waals surface area contributed by atoms with E-state index in [1.807, 2.05) is 24.0 Å². The maximum atomic E-state index is 12.7. The highest BCUT2D eigenvalue weighted by atomic mass is 32.1. The highest BCUT2D eigenvalue weighted by Crippen LogP contribution is 2.34. The van der Waals surface area contributed by atoms with Crippen molar-refractivity contribution in [1.82, 2.24) is 14.9 Å². The van der Waals surface area contributed by atoms with E-state index in [-0.39, 0.29) is 11.8 Å². The molecule has 4 rings (SSSR count). The van der Waals surface area contributed by atoms with E-state index in [1.165, 1.54) is 24.2 Å². The van der Waals surface area contributed by atoms with Gasteiger partial charge >= 0.3 is 6.03 Å². The number of carbonyl (C=O) groups excluding carboxylic acids is 2. The van der Waals surface area contributed by atoms with E-state index in [2.05, 4.69) is 9.97 Å². The third-order valence-electron chi connectivity index (χ3n) is 5.23. The number of hydrogen-bond donors (Lipinski definition) is 0. The largest absolute Gasteiger partial charge is 0.326 e. The molecule has 0 aromatic carbocycles. The number of Topliss-reactive ketones (excluding diaryl/α,β-unsaturated/α-hetero) is 1. The van der Waals surface area contributed by atoms with Crippen molar-refractivity contribution in [2.45, 2.75) is 39.0 Å². The van der Waals surface area contributed by atoms with Gasteiger partial charge < -0.3 is 4.90 Å². The number of urea groups is 1. The van der Waals surface area contributed by atoms with Crippen molar-refractivity contribution in [3.05, 3.63) is 40.7 Å². The molecule has 2 aliphatic rings. The SMILES string of the molecule is Cc1nc(N2CCN(CCC3CC3)C2=O)sc1C(=O)CCc1cccnc1. The Morgan fingerprint density at radius 2 is 2.19 bits per heavy atom. The molecule has 0 spiro atoms. The maximum absolute atomic E-state index is 12.7. The van der Waals surface area contributed by atoms with Gasteiger partial charge in [0.1, 0.15) is 0 Å². The van der Waals surface area contributed by atoms with Gasteiger partial charge in [-0.3, -0.25) is 14.7 Å². The second-order valence-corrected chi connectivity index (χ2v) is 8.33. The van der Waals surface area contributed by atoms with E-state index in [4.69, 9.17) is 0 Å². The number of nitrogens with zero attached hydrogens (tertiary/aromatic N) is 4. The van der Waals surface area contributed by atoms with Crippen LogP contribution in [0.2, 0.25) is 0 Å². The monoisotopic (exact) mass is 384 g/mol. The smallest absolute Gasteiger partial charge is 0.322 e. The van der Waals surface area contributed by atoms with Crippen LogP contribution in [0.4, 0.5) is 9.93 Å². The fraction of sp³-hybridized carbons (Fsp3) is 0.500. The van der Waals surface area contributed by atoms with Gasteiger partial charge in [0.25, 0.3) is 0 Å². The second kappa shape index (κ2) is 7.76. The van der Waals surface area contributed by atoms with E-state index < -0.39 is 0 Å². The summed E-state index contributed by atoms with van der Waals surface area (Å²) >= 11 is 1.34. The van der Waals surface area contributed by atoms with Crippen LogP contribution in [0.3, 0.4) is 0 Å². The molecule has 3 heterocycles. The van der Waals surface area contributed by atoms with Crippen molar-refractivity contribution in [2.24, 2.45) is 5.92 Å². The topological polar surface area (TPSA) is 66.4 Å². The van der Waals surface area contributed by atoms with Crippen LogP contribution in [0, 0.1) is 12.8 Å². The lowest BCUT2D eigenvalue weighted by Gasteiger charge is -2.16. The van der Waals surface area contributed by atoms with Crippen molar-refractivity contribution in [2.75, 3.05) is 24.5 Å². The molecular formula is C20H24N4O2S. The number of amides is 2. The summed E-state index contributed by atoms with van der Waals surface area (Å²) in [6.07, 6.45) is 8.33. The molecule has 0 N–H and O–H groups in total. The number of pyridine rings is 1. The van der Waals surface area contributed by atoms with Gasteiger partial charge in [-0.25, -0.2) is 9.78 Å². The van der Waals surface area contributed by atoms with Crippen molar-refractivity contribution in [1.29, 1.82) is 0 Å². The van der Waals surface area contributed by atoms with E-state index in [0.29, 0.717) is 29.4 Å². The molecule has 142 valence electrons. The van der Waals surface area contributed by atoms with Crippen LogP contribution < -0.4 is 4.90 Å². The first-order valence-electron chi connectivity index (χ1n) is 9.58. The lowest BCUT2D eigenvalue weighted by atomic mass is 10.1. The van der Waals surface area contributed by atoms with Gasteiger partial charge in [-0.15, -0.1) is 0 Å². The van der Waals surface area contributed by atoms with Gasteiger partial charge in [-0.2, -0.15) is 0 Å². The van der Waals surface area contributed by atoms with Gasteiger partial charge in [-0.05, 0) is 37.3 Å². The van der Waals surface area contributed by atoms with Crippen molar-refractivity contribution < 1.29 is 9.59 Å². The molecule has 1 aliphatic heterocycles. The second-order valence-electron chi connectivity index (χ2n) is 7.35. The highest BCUT2D eigenvalue weighted by molar-refractivity contribution is 7.17. The number of thiazole rings is 1. The van der Waals surface area contributed by atoms with E-state index in [0.717, 1.165) is 36.7 Å². The summed E-state index contributed by atoms with van der Waals surface area (Å²) < 4.78 is 0. The minimum atomic E-state index is 0.0266. The standard InChI is InChI=1S/C20H24N4O2S/c1-14-18(17(25)7-6-16-3-2-9-21-13-16)27-19(22-14)24-12-11-23(20(24)26)10-8-15-4-5-15/h2-3,9,13,15H,4-8,10-12H2,1H3. The molecule has 2 amide bonds. The van der Waals surface area contributed by atoms with Gasteiger partial charge in [0, 0.05) is 38.4 Å². The van der Waals surface area contributed by atoms with Gasteiger partial charge in [0.05, 0.1) is 10.6 Å². The molecule has 2 fully saturated rings. The maximum Gasteiger partial charge on any atom is 0.326 e. The molecule has 0 atom stereocenters. The van der Waals surface area contributed by atoms with Crippen LogP contribution in [-0.2, 0) is 6.42 Å². The molecule has 6 nitrogen and oxygen atoms in total. The Hall–Kier alpha value is -2.28. The number of aryl methyl sites for hydroxylation is 2. The number of carbonyl (C=O) groups is 2.